The Kier molecular flexibility index (Phi) is 10.7. The molecule has 1 unspecified atom stereocenters. The zero-order chi connectivity index (χ0) is 23.4. The minimum Gasteiger partial charge on any atom is -0.389 e. The third kappa shape index (κ3) is 6.28. The first-order valence-electron chi connectivity index (χ1n) is 13.7. The second-order valence-electron chi connectivity index (χ2n) is 11.0. The fraction of sp³-hybridized carbons (Fsp3) is 0.600. The van der Waals surface area contributed by atoms with Crippen molar-refractivity contribution in [3.8, 4) is 11.1 Å². The van der Waals surface area contributed by atoms with E-state index in [9.17, 15) is 10.2 Å². The van der Waals surface area contributed by atoms with Gasteiger partial charge in [0.1, 0.15) is 0 Å². The van der Waals surface area contributed by atoms with E-state index in [1.165, 1.54) is 29.5 Å². The maximum absolute atomic E-state index is 12.3. The van der Waals surface area contributed by atoms with Crippen LogP contribution >= 0.6 is 24.8 Å². The van der Waals surface area contributed by atoms with E-state index in [0.29, 0.717) is 0 Å². The third-order valence-electron chi connectivity index (χ3n) is 8.74. The molecule has 0 amide bonds. The Balaban J connectivity index is 0.00000180. The van der Waals surface area contributed by atoms with Crippen molar-refractivity contribution in [2.75, 3.05) is 32.7 Å². The minimum atomic E-state index is -0.800. The summed E-state index contributed by atoms with van der Waals surface area (Å²) in [4.78, 5) is 2.53. The van der Waals surface area contributed by atoms with Gasteiger partial charge < -0.3 is 20.4 Å². The van der Waals surface area contributed by atoms with Gasteiger partial charge in [-0.3, -0.25) is 0 Å². The maximum Gasteiger partial charge on any atom is 0.0899 e. The van der Waals surface area contributed by atoms with Crippen LogP contribution in [0.25, 0.3) is 11.1 Å². The molecule has 0 radical (unpaired) electrons. The van der Waals surface area contributed by atoms with Crippen molar-refractivity contribution < 1.29 is 10.2 Å². The Labute approximate surface area is 229 Å². The number of hydrogen-bond donors (Lipinski definition) is 3. The number of nitrogens with one attached hydrogen (secondary N) is 1. The van der Waals surface area contributed by atoms with Crippen molar-refractivity contribution in [3.05, 3.63) is 59.7 Å². The zero-order valence-corrected chi connectivity index (χ0v) is 23.1. The van der Waals surface area contributed by atoms with Crippen LogP contribution < -0.4 is 5.32 Å². The number of hydrogen-bond acceptors (Lipinski definition) is 4. The lowest BCUT2D eigenvalue weighted by Crippen LogP contribution is -2.50. The van der Waals surface area contributed by atoms with Crippen LogP contribution in [0.1, 0.15) is 81.3 Å². The van der Waals surface area contributed by atoms with Gasteiger partial charge in [0.25, 0.3) is 0 Å². The van der Waals surface area contributed by atoms with E-state index in [1.807, 2.05) is 0 Å². The first-order chi connectivity index (χ1) is 16.6. The van der Waals surface area contributed by atoms with E-state index in [4.69, 9.17) is 0 Å². The quantitative estimate of drug-likeness (QED) is 0.423. The molecule has 1 heterocycles. The van der Waals surface area contributed by atoms with Crippen molar-refractivity contribution in [1.29, 1.82) is 0 Å². The molecule has 1 aliphatic heterocycles. The van der Waals surface area contributed by atoms with Gasteiger partial charge in [0, 0.05) is 38.6 Å². The van der Waals surface area contributed by atoms with E-state index < -0.39 is 11.2 Å². The summed E-state index contributed by atoms with van der Waals surface area (Å²) < 4.78 is 0. The van der Waals surface area contributed by atoms with Gasteiger partial charge in [-0.05, 0) is 47.9 Å². The third-order valence-corrected chi connectivity index (χ3v) is 8.74. The Morgan fingerprint density at radius 2 is 1.36 bits per heavy atom. The van der Waals surface area contributed by atoms with E-state index >= 15 is 0 Å². The Hall–Kier alpha value is -1.14. The van der Waals surface area contributed by atoms with Crippen LogP contribution in [0.2, 0.25) is 0 Å². The summed E-state index contributed by atoms with van der Waals surface area (Å²) in [7, 11) is 0. The van der Waals surface area contributed by atoms with Crippen molar-refractivity contribution >= 4 is 24.8 Å². The Morgan fingerprint density at radius 1 is 0.750 bits per heavy atom. The van der Waals surface area contributed by atoms with Gasteiger partial charge in [-0.15, -0.1) is 24.8 Å². The Morgan fingerprint density at radius 3 is 2.00 bits per heavy atom. The molecule has 2 aromatic carbocycles. The predicted molar refractivity (Wildman–Crippen MR) is 153 cm³/mol. The number of piperazine rings is 1. The highest BCUT2D eigenvalue weighted by atomic mass is 35.5. The Bertz CT molecular complexity index is 937. The summed E-state index contributed by atoms with van der Waals surface area (Å²) in [6.45, 7) is 4.88. The molecule has 2 aliphatic carbocycles. The van der Waals surface area contributed by atoms with E-state index in [1.54, 1.807) is 0 Å². The van der Waals surface area contributed by atoms with E-state index in [0.717, 1.165) is 89.7 Å². The van der Waals surface area contributed by atoms with Gasteiger partial charge >= 0.3 is 0 Å². The normalized spacial score (nSPS) is 22.6. The molecule has 36 heavy (non-hydrogen) atoms. The topological polar surface area (TPSA) is 55.7 Å². The fourth-order valence-electron chi connectivity index (χ4n) is 6.82. The zero-order valence-electron chi connectivity index (χ0n) is 21.5. The second kappa shape index (κ2) is 13.1. The predicted octanol–water partition coefficient (Wildman–Crippen LogP) is 6.03. The van der Waals surface area contributed by atoms with Crippen LogP contribution in [0.3, 0.4) is 0 Å². The average molecular weight is 536 g/mol. The molecule has 5 rings (SSSR count). The molecule has 0 spiro atoms. The lowest BCUT2D eigenvalue weighted by molar-refractivity contribution is -0.0359. The monoisotopic (exact) mass is 534 g/mol. The average Bonchev–Trinajstić information content (AvgIpc) is 2.89. The standard InChI is InChI=1S/C30H42N2O2.2ClH/c33-29(15-6-2-7-16-29)26-14-10-13-25(24-11-4-1-5-12-24)28(26)27(23-32-21-19-31-20-22-32)30(34)17-8-3-9-18-30;;/h1,4-5,10-14,27,31,33-34H,2-3,6-9,15-23H2;2*1H. The first kappa shape index (κ1) is 29.4. The highest BCUT2D eigenvalue weighted by molar-refractivity contribution is 5.85. The van der Waals surface area contributed by atoms with E-state index in [2.05, 4.69) is 58.7 Å². The SMILES string of the molecule is Cl.Cl.OC1(c2cccc(-c3ccccc3)c2C(CN2CCNCC2)C2(O)CCCCC2)CCCCC1. The summed E-state index contributed by atoms with van der Waals surface area (Å²) in [6, 6.07) is 17.1. The number of aliphatic hydroxyl groups is 2. The molecule has 0 aromatic heterocycles. The largest absolute Gasteiger partial charge is 0.389 e. The van der Waals surface area contributed by atoms with Crippen LogP contribution in [-0.2, 0) is 5.60 Å². The van der Waals surface area contributed by atoms with E-state index in [-0.39, 0.29) is 30.7 Å². The molecular weight excluding hydrogens is 491 g/mol. The van der Waals surface area contributed by atoms with Crippen LogP contribution in [0, 0.1) is 0 Å². The molecule has 1 atom stereocenters. The molecule has 1 saturated heterocycles. The smallest absolute Gasteiger partial charge is 0.0899 e. The fourth-order valence-corrected chi connectivity index (χ4v) is 6.82. The van der Waals surface area contributed by atoms with Crippen molar-refractivity contribution in [2.45, 2.75) is 81.3 Å². The van der Waals surface area contributed by atoms with Gasteiger partial charge in [-0.1, -0.05) is 87.1 Å². The molecule has 4 nitrogen and oxygen atoms in total. The molecule has 3 aliphatic rings. The summed E-state index contributed by atoms with van der Waals surface area (Å²) in [5, 5.41) is 27.8. The van der Waals surface area contributed by atoms with Gasteiger partial charge in [0.2, 0.25) is 0 Å². The molecular formula is C30H44Cl2N2O2. The number of benzene rings is 2. The first-order valence-corrected chi connectivity index (χ1v) is 13.7. The van der Waals surface area contributed by atoms with Gasteiger partial charge in [0.05, 0.1) is 11.2 Å². The number of halogens is 2. The maximum atomic E-state index is 12.3. The van der Waals surface area contributed by atoms with Gasteiger partial charge in [-0.25, -0.2) is 0 Å². The molecule has 3 fully saturated rings. The highest BCUT2D eigenvalue weighted by Gasteiger charge is 2.44. The summed E-state index contributed by atoms with van der Waals surface area (Å²) in [5.74, 6) is -0.0109. The second-order valence-corrected chi connectivity index (χ2v) is 11.0. The number of nitrogens with zero attached hydrogens (tertiary/aromatic N) is 1. The summed E-state index contributed by atoms with van der Waals surface area (Å²) in [6.07, 6.45) is 10.0. The molecule has 2 aromatic rings. The molecule has 3 N–H and O–H groups in total. The van der Waals surface area contributed by atoms with Crippen LogP contribution in [-0.4, -0.2) is 53.4 Å². The van der Waals surface area contributed by atoms with Crippen LogP contribution in [0.15, 0.2) is 48.5 Å². The van der Waals surface area contributed by atoms with Crippen molar-refractivity contribution in [1.82, 2.24) is 10.2 Å². The van der Waals surface area contributed by atoms with Gasteiger partial charge in [0.15, 0.2) is 0 Å². The number of rotatable bonds is 6. The highest BCUT2D eigenvalue weighted by Crippen LogP contribution is 2.49. The summed E-state index contributed by atoms with van der Waals surface area (Å²) in [5.41, 5.74) is 3.13. The summed E-state index contributed by atoms with van der Waals surface area (Å²) >= 11 is 0. The molecule has 6 heteroatoms. The lowest BCUT2D eigenvalue weighted by Gasteiger charge is -2.45. The van der Waals surface area contributed by atoms with Gasteiger partial charge in [-0.2, -0.15) is 0 Å². The molecule has 2 saturated carbocycles. The van der Waals surface area contributed by atoms with Crippen LogP contribution in [0.5, 0.6) is 0 Å². The van der Waals surface area contributed by atoms with Crippen molar-refractivity contribution in [2.24, 2.45) is 0 Å². The van der Waals surface area contributed by atoms with Crippen LogP contribution in [0.4, 0.5) is 0 Å². The lowest BCUT2D eigenvalue weighted by atomic mass is 9.67. The van der Waals surface area contributed by atoms with Crippen molar-refractivity contribution in [3.63, 3.8) is 0 Å². The molecule has 200 valence electrons. The molecule has 0 bridgehead atoms. The minimum absolute atomic E-state index is 0.